The summed E-state index contributed by atoms with van der Waals surface area (Å²) in [7, 11) is 0. The van der Waals surface area contributed by atoms with Gasteiger partial charge in [-0.1, -0.05) is 24.3 Å². The van der Waals surface area contributed by atoms with E-state index in [2.05, 4.69) is 25.6 Å². The van der Waals surface area contributed by atoms with Crippen LogP contribution >= 0.6 is 0 Å². The predicted molar refractivity (Wildman–Crippen MR) is 99.9 cm³/mol. The summed E-state index contributed by atoms with van der Waals surface area (Å²) >= 11 is 0. The highest BCUT2D eigenvalue weighted by molar-refractivity contribution is 5.66. The van der Waals surface area contributed by atoms with Crippen LogP contribution in [0.15, 0.2) is 54.7 Å². The Labute approximate surface area is 147 Å². The molecule has 0 aliphatic carbocycles. The van der Waals surface area contributed by atoms with Crippen LogP contribution in [-0.2, 0) is 0 Å². The second-order valence-corrected chi connectivity index (χ2v) is 5.62. The molecule has 3 aromatic rings. The van der Waals surface area contributed by atoms with Crippen molar-refractivity contribution in [1.82, 2.24) is 15.0 Å². The van der Waals surface area contributed by atoms with Gasteiger partial charge in [-0.05, 0) is 37.1 Å². The molecule has 2 aromatic heterocycles. The molecule has 0 atom stereocenters. The first-order valence-electron chi connectivity index (χ1n) is 8.24. The number of nitrogens with zero attached hydrogens (tertiary/aromatic N) is 3. The standard InChI is InChI=1S/C19H21N5O/c1-14-7-2-3-8-15(14)22-18-13-17(16-9-4-5-10-20-16)23-19(24-18)21-11-6-12-25/h2-5,7-10,13,25H,6,11-12H2,1H3,(H2,21,22,23,24). The second kappa shape index (κ2) is 8.21. The van der Waals surface area contributed by atoms with Crippen molar-refractivity contribution in [1.29, 1.82) is 0 Å². The normalized spacial score (nSPS) is 10.5. The number of nitrogens with one attached hydrogen (secondary N) is 2. The molecule has 0 aliphatic rings. The molecular weight excluding hydrogens is 314 g/mol. The molecule has 0 aliphatic heterocycles. The number of rotatable bonds is 7. The number of aryl methyl sites for hydroxylation is 1. The van der Waals surface area contributed by atoms with E-state index in [1.165, 1.54) is 0 Å². The number of hydrogen-bond acceptors (Lipinski definition) is 6. The van der Waals surface area contributed by atoms with Gasteiger partial charge in [-0.2, -0.15) is 4.98 Å². The molecule has 0 unspecified atom stereocenters. The summed E-state index contributed by atoms with van der Waals surface area (Å²) in [6.07, 6.45) is 2.38. The molecule has 3 rings (SSSR count). The maximum absolute atomic E-state index is 8.95. The van der Waals surface area contributed by atoms with Gasteiger partial charge >= 0.3 is 0 Å². The van der Waals surface area contributed by atoms with E-state index in [1.54, 1.807) is 6.20 Å². The summed E-state index contributed by atoms with van der Waals surface area (Å²) < 4.78 is 0. The van der Waals surface area contributed by atoms with Crippen LogP contribution in [0.5, 0.6) is 0 Å². The van der Waals surface area contributed by atoms with Crippen LogP contribution in [0.4, 0.5) is 17.5 Å². The average molecular weight is 335 g/mol. The van der Waals surface area contributed by atoms with Gasteiger partial charge in [0, 0.05) is 31.1 Å². The molecule has 3 N–H and O–H groups in total. The lowest BCUT2D eigenvalue weighted by molar-refractivity contribution is 0.292. The van der Waals surface area contributed by atoms with Crippen LogP contribution < -0.4 is 10.6 Å². The summed E-state index contributed by atoms with van der Waals surface area (Å²) in [5, 5.41) is 15.4. The zero-order valence-electron chi connectivity index (χ0n) is 14.1. The Hall–Kier alpha value is -2.99. The number of benzene rings is 1. The number of hydrogen-bond donors (Lipinski definition) is 3. The molecule has 0 saturated heterocycles. The Morgan fingerprint density at radius 3 is 2.60 bits per heavy atom. The van der Waals surface area contributed by atoms with Crippen molar-refractivity contribution in [2.24, 2.45) is 0 Å². The van der Waals surface area contributed by atoms with Crippen molar-refractivity contribution < 1.29 is 5.11 Å². The summed E-state index contributed by atoms with van der Waals surface area (Å²) in [4.78, 5) is 13.4. The molecule has 1 aromatic carbocycles. The molecule has 128 valence electrons. The number of aliphatic hydroxyl groups excluding tert-OH is 1. The summed E-state index contributed by atoms with van der Waals surface area (Å²) in [5.74, 6) is 1.20. The summed E-state index contributed by atoms with van der Waals surface area (Å²) in [5.41, 5.74) is 3.64. The van der Waals surface area contributed by atoms with E-state index in [0.717, 1.165) is 22.6 Å². The van der Waals surface area contributed by atoms with Gasteiger partial charge in [0.25, 0.3) is 0 Å². The van der Waals surface area contributed by atoms with Gasteiger partial charge in [-0.25, -0.2) is 4.98 Å². The third kappa shape index (κ3) is 4.51. The lowest BCUT2D eigenvalue weighted by atomic mass is 10.2. The largest absolute Gasteiger partial charge is 0.396 e. The molecule has 6 nitrogen and oxygen atoms in total. The number of para-hydroxylation sites is 1. The van der Waals surface area contributed by atoms with Crippen molar-refractivity contribution in [2.75, 3.05) is 23.8 Å². The van der Waals surface area contributed by atoms with Crippen molar-refractivity contribution >= 4 is 17.5 Å². The highest BCUT2D eigenvalue weighted by Gasteiger charge is 2.08. The van der Waals surface area contributed by atoms with Gasteiger partial charge in [-0.15, -0.1) is 0 Å². The topological polar surface area (TPSA) is 83.0 Å². The Morgan fingerprint density at radius 2 is 1.84 bits per heavy atom. The monoisotopic (exact) mass is 335 g/mol. The fourth-order valence-corrected chi connectivity index (χ4v) is 2.37. The zero-order valence-corrected chi connectivity index (χ0v) is 14.1. The van der Waals surface area contributed by atoms with Crippen LogP contribution in [0.2, 0.25) is 0 Å². The van der Waals surface area contributed by atoms with Crippen LogP contribution in [-0.4, -0.2) is 33.2 Å². The molecule has 0 fully saturated rings. The number of aromatic nitrogens is 3. The molecule has 2 heterocycles. The second-order valence-electron chi connectivity index (χ2n) is 5.62. The van der Waals surface area contributed by atoms with Crippen molar-refractivity contribution in [3.8, 4) is 11.4 Å². The summed E-state index contributed by atoms with van der Waals surface area (Å²) in [6.45, 7) is 2.77. The minimum atomic E-state index is 0.126. The molecule has 0 spiro atoms. The maximum atomic E-state index is 8.95. The molecule has 0 saturated carbocycles. The quantitative estimate of drug-likeness (QED) is 0.574. The highest BCUT2D eigenvalue weighted by atomic mass is 16.3. The minimum Gasteiger partial charge on any atom is -0.396 e. The molecule has 0 bridgehead atoms. The van der Waals surface area contributed by atoms with E-state index in [4.69, 9.17) is 5.11 Å². The van der Waals surface area contributed by atoms with Crippen LogP contribution in [0.25, 0.3) is 11.4 Å². The zero-order chi connectivity index (χ0) is 17.5. The van der Waals surface area contributed by atoms with Gasteiger partial charge in [0.2, 0.25) is 5.95 Å². The Bertz CT molecular complexity index is 823. The predicted octanol–water partition coefficient (Wildman–Crippen LogP) is 3.38. The molecule has 0 radical (unpaired) electrons. The first kappa shape index (κ1) is 16.9. The number of aliphatic hydroxyl groups is 1. The fraction of sp³-hybridized carbons (Fsp3) is 0.211. The first-order valence-corrected chi connectivity index (χ1v) is 8.24. The third-order valence-electron chi connectivity index (χ3n) is 3.68. The lowest BCUT2D eigenvalue weighted by Crippen LogP contribution is -2.09. The fourth-order valence-electron chi connectivity index (χ4n) is 2.37. The van der Waals surface area contributed by atoms with Crippen LogP contribution in [0.1, 0.15) is 12.0 Å². The average Bonchev–Trinajstić information content (AvgIpc) is 2.64. The van der Waals surface area contributed by atoms with Gasteiger partial charge in [-0.3, -0.25) is 4.98 Å². The number of anilines is 3. The molecular formula is C19H21N5O. The van der Waals surface area contributed by atoms with Crippen molar-refractivity contribution in [2.45, 2.75) is 13.3 Å². The maximum Gasteiger partial charge on any atom is 0.225 e. The van der Waals surface area contributed by atoms with E-state index in [0.29, 0.717) is 24.7 Å². The summed E-state index contributed by atoms with van der Waals surface area (Å²) in [6, 6.07) is 15.6. The van der Waals surface area contributed by atoms with E-state index < -0.39 is 0 Å². The number of pyridine rings is 1. The van der Waals surface area contributed by atoms with Crippen LogP contribution in [0, 0.1) is 6.92 Å². The van der Waals surface area contributed by atoms with E-state index in [9.17, 15) is 0 Å². The first-order chi connectivity index (χ1) is 12.3. The van der Waals surface area contributed by atoms with E-state index in [-0.39, 0.29) is 6.61 Å². The van der Waals surface area contributed by atoms with E-state index >= 15 is 0 Å². The van der Waals surface area contributed by atoms with Gasteiger partial charge in [0.1, 0.15) is 5.82 Å². The molecule has 0 amide bonds. The highest BCUT2D eigenvalue weighted by Crippen LogP contribution is 2.23. The lowest BCUT2D eigenvalue weighted by Gasteiger charge is -2.12. The van der Waals surface area contributed by atoms with Gasteiger partial charge in [0.15, 0.2) is 0 Å². The Kier molecular flexibility index (Phi) is 5.53. The Morgan fingerprint density at radius 1 is 1.00 bits per heavy atom. The van der Waals surface area contributed by atoms with E-state index in [1.807, 2.05) is 55.5 Å². The van der Waals surface area contributed by atoms with Crippen molar-refractivity contribution in [3.63, 3.8) is 0 Å². The molecule has 25 heavy (non-hydrogen) atoms. The van der Waals surface area contributed by atoms with Crippen LogP contribution in [0.3, 0.4) is 0 Å². The smallest absolute Gasteiger partial charge is 0.225 e. The van der Waals surface area contributed by atoms with Gasteiger partial charge in [0.05, 0.1) is 11.4 Å². The Balaban J connectivity index is 1.93. The third-order valence-corrected chi connectivity index (χ3v) is 3.68. The van der Waals surface area contributed by atoms with Crippen molar-refractivity contribution in [3.05, 3.63) is 60.3 Å². The minimum absolute atomic E-state index is 0.126. The molecule has 6 heteroatoms. The SMILES string of the molecule is Cc1ccccc1Nc1cc(-c2ccccn2)nc(NCCCO)n1. The van der Waals surface area contributed by atoms with Gasteiger partial charge < -0.3 is 15.7 Å².